The number of para-hydroxylation sites is 1. The highest BCUT2D eigenvalue weighted by Crippen LogP contribution is 2.34. The molecule has 28 heavy (non-hydrogen) atoms. The van der Waals surface area contributed by atoms with Gasteiger partial charge in [-0.1, -0.05) is 22.4 Å². The first-order valence-electron chi connectivity index (χ1n) is 8.84. The fourth-order valence-corrected chi connectivity index (χ4v) is 4.61. The van der Waals surface area contributed by atoms with Crippen LogP contribution in [0.4, 0.5) is 11.4 Å². The Bertz CT molecular complexity index is 1040. The molecule has 1 unspecified atom stereocenters. The van der Waals surface area contributed by atoms with Gasteiger partial charge in [0.1, 0.15) is 5.69 Å². The molecule has 1 aliphatic heterocycles. The van der Waals surface area contributed by atoms with Gasteiger partial charge < -0.3 is 9.87 Å². The number of aryl methyl sites for hydroxylation is 1. The molecular weight excluding hydrogens is 376 g/mol. The van der Waals surface area contributed by atoms with Crippen LogP contribution in [0.2, 0.25) is 0 Å². The van der Waals surface area contributed by atoms with Crippen molar-refractivity contribution in [2.75, 3.05) is 16.2 Å². The molecule has 0 saturated carbocycles. The first-order valence-corrected chi connectivity index (χ1v) is 10.3. The molecule has 4 rings (SSSR count). The van der Waals surface area contributed by atoms with Crippen molar-refractivity contribution < 1.29 is 13.6 Å². The van der Waals surface area contributed by atoms with Gasteiger partial charge in [-0.3, -0.25) is 14.8 Å². The normalized spacial score (nSPS) is 15.4. The fraction of sp³-hybridized carbons (Fsp3) is 0.150. The molecule has 1 atom stereocenters. The number of pyridine rings is 2. The second-order valence-corrected chi connectivity index (χ2v) is 8.24. The SMILES string of the molecule is O=C(Nc1ccccc1)c1cnc2c(c1)N([S+](=O)([O-])c1cccnc1)CCC2. The predicted octanol–water partition coefficient (Wildman–Crippen LogP) is 3.09. The smallest absolute Gasteiger partial charge is 0.257 e. The van der Waals surface area contributed by atoms with Crippen LogP contribution in [0.25, 0.3) is 0 Å². The monoisotopic (exact) mass is 394 g/mol. The summed E-state index contributed by atoms with van der Waals surface area (Å²) in [6.07, 6.45) is 5.65. The first-order chi connectivity index (χ1) is 13.6. The summed E-state index contributed by atoms with van der Waals surface area (Å²) in [6, 6.07) is 13.7. The van der Waals surface area contributed by atoms with E-state index in [0.29, 0.717) is 42.0 Å². The topological polar surface area (TPSA) is 98.2 Å². The van der Waals surface area contributed by atoms with Gasteiger partial charge in [-0.05, 0) is 43.2 Å². The molecule has 7 nitrogen and oxygen atoms in total. The van der Waals surface area contributed by atoms with Crippen LogP contribution in [0.5, 0.6) is 0 Å². The van der Waals surface area contributed by atoms with E-state index in [0.717, 1.165) is 0 Å². The van der Waals surface area contributed by atoms with Crippen LogP contribution in [-0.4, -0.2) is 27.0 Å². The fourth-order valence-electron chi connectivity index (χ4n) is 3.13. The maximum absolute atomic E-state index is 13.1. The maximum Gasteiger partial charge on any atom is 0.257 e. The van der Waals surface area contributed by atoms with Crippen LogP contribution in [0.1, 0.15) is 22.5 Å². The summed E-state index contributed by atoms with van der Waals surface area (Å²) in [5.41, 5.74) is 2.06. The molecule has 1 amide bonds. The minimum absolute atomic E-state index is 0.113. The van der Waals surface area contributed by atoms with Gasteiger partial charge in [-0.25, -0.2) is 0 Å². The van der Waals surface area contributed by atoms with Crippen molar-refractivity contribution in [1.82, 2.24) is 9.97 Å². The van der Waals surface area contributed by atoms with Gasteiger partial charge in [0.25, 0.3) is 5.91 Å². The summed E-state index contributed by atoms with van der Waals surface area (Å²) < 4.78 is 27.5. The molecule has 1 aliphatic rings. The van der Waals surface area contributed by atoms with E-state index in [4.69, 9.17) is 0 Å². The van der Waals surface area contributed by atoms with Gasteiger partial charge in [-0.2, -0.15) is 4.31 Å². The van der Waals surface area contributed by atoms with Crippen LogP contribution in [0, 0.1) is 0 Å². The number of sulfonamides is 1. The van der Waals surface area contributed by atoms with Crippen molar-refractivity contribution in [2.24, 2.45) is 0 Å². The van der Waals surface area contributed by atoms with Gasteiger partial charge in [0.2, 0.25) is 0 Å². The number of benzene rings is 1. The zero-order chi connectivity index (χ0) is 19.6. The zero-order valence-electron chi connectivity index (χ0n) is 14.9. The number of rotatable bonds is 4. The molecule has 1 aromatic carbocycles. The van der Waals surface area contributed by atoms with Crippen LogP contribution in [-0.2, 0) is 21.0 Å². The van der Waals surface area contributed by atoms with Crippen molar-refractivity contribution in [1.29, 1.82) is 0 Å². The molecule has 0 bridgehead atoms. The Morgan fingerprint density at radius 3 is 2.71 bits per heavy atom. The number of nitrogens with one attached hydrogen (secondary N) is 1. The maximum atomic E-state index is 13.1. The van der Waals surface area contributed by atoms with Crippen LogP contribution in [0.3, 0.4) is 0 Å². The first kappa shape index (κ1) is 18.3. The molecule has 1 N–H and O–H groups in total. The van der Waals surface area contributed by atoms with E-state index in [9.17, 15) is 13.6 Å². The summed E-state index contributed by atoms with van der Waals surface area (Å²) in [5, 5.41) is 2.79. The molecule has 0 aliphatic carbocycles. The van der Waals surface area contributed by atoms with Gasteiger partial charge in [0, 0.05) is 18.1 Å². The van der Waals surface area contributed by atoms with Crippen LogP contribution >= 0.6 is 0 Å². The van der Waals surface area contributed by atoms with Crippen molar-refractivity contribution in [3.63, 3.8) is 0 Å². The summed E-state index contributed by atoms with van der Waals surface area (Å²) in [5.74, 6) is -0.342. The number of hydrogen-bond donors (Lipinski definition) is 1. The second kappa shape index (κ2) is 7.49. The molecule has 0 radical (unpaired) electrons. The Morgan fingerprint density at radius 2 is 1.96 bits per heavy atom. The van der Waals surface area contributed by atoms with Gasteiger partial charge >= 0.3 is 0 Å². The van der Waals surface area contributed by atoms with Crippen LogP contribution < -0.4 is 9.62 Å². The predicted molar refractivity (Wildman–Crippen MR) is 106 cm³/mol. The average Bonchev–Trinajstić information content (AvgIpc) is 2.74. The van der Waals surface area contributed by atoms with Crippen molar-refractivity contribution in [3.8, 4) is 0 Å². The summed E-state index contributed by atoms with van der Waals surface area (Å²) >= 11 is 0. The van der Waals surface area contributed by atoms with Gasteiger partial charge in [-0.15, -0.1) is 0 Å². The Balaban J connectivity index is 1.68. The van der Waals surface area contributed by atoms with E-state index in [1.165, 1.54) is 29.0 Å². The Morgan fingerprint density at radius 1 is 1.14 bits per heavy atom. The third-order valence-electron chi connectivity index (χ3n) is 4.51. The molecule has 3 aromatic rings. The number of carbonyl (C=O) groups is 1. The molecule has 3 heterocycles. The lowest BCUT2D eigenvalue weighted by Gasteiger charge is -2.32. The Hall–Kier alpha value is -3.10. The van der Waals surface area contributed by atoms with Crippen molar-refractivity contribution in [3.05, 3.63) is 78.4 Å². The minimum atomic E-state index is -3.78. The molecule has 2 aromatic heterocycles. The van der Waals surface area contributed by atoms with E-state index in [-0.39, 0.29) is 10.8 Å². The molecule has 0 spiro atoms. The van der Waals surface area contributed by atoms with Crippen molar-refractivity contribution in [2.45, 2.75) is 17.7 Å². The highest BCUT2D eigenvalue weighted by Gasteiger charge is 2.35. The summed E-state index contributed by atoms with van der Waals surface area (Å²) in [6.45, 7) is 0.329. The number of fused-ring (bicyclic) bond motifs is 1. The van der Waals surface area contributed by atoms with E-state index in [1.54, 1.807) is 24.3 Å². The summed E-state index contributed by atoms with van der Waals surface area (Å²) in [4.78, 5) is 21.0. The standard InChI is InChI=1S/C20H18N4O3S/c25-20(23-16-6-2-1-3-7-16)15-12-19-18(22-13-15)9-5-11-24(19)28(26,27)17-8-4-10-21-14-17/h1-4,6-8,10,12-14H,5,9,11H2,(H-,23,25,26,27). The minimum Gasteiger partial charge on any atom is -0.588 e. The Labute approximate surface area is 163 Å². The number of carbonyl (C=O) groups excluding carboxylic acids is 1. The highest BCUT2D eigenvalue weighted by atomic mass is 32.3. The second-order valence-electron chi connectivity index (χ2n) is 6.38. The molecule has 0 saturated heterocycles. The zero-order valence-corrected chi connectivity index (χ0v) is 15.8. The number of hydrogen-bond acceptors (Lipinski definition) is 5. The quantitative estimate of drug-likeness (QED) is 0.686. The molecule has 142 valence electrons. The van der Waals surface area contributed by atoms with Crippen molar-refractivity contribution >= 4 is 27.7 Å². The highest BCUT2D eigenvalue weighted by molar-refractivity contribution is 7.99. The lowest BCUT2D eigenvalue weighted by molar-refractivity contribution is 0.102. The third kappa shape index (κ3) is 3.51. The largest absolute Gasteiger partial charge is 0.588 e. The van der Waals surface area contributed by atoms with Gasteiger partial charge in [0.15, 0.2) is 15.3 Å². The molecule has 8 heteroatoms. The number of aromatic nitrogens is 2. The van der Waals surface area contributed by atoms with Crippen LogP contribution in [0.15, 0.2) is 72.0 Å². The number of nitrogens with zero attached hydrogens (tertiary/aromatic N) is 3. The third-order valence-corrected chi connectivity index (χ3v) is 6.30. The average molecular weight is 394 g/mol. The number of amides is 1. The van der Waals surface area contributed by atoms with E-state index < -0.39 is 10.4 Å². The van der Waals surface area contributed by atoms with E-state index >= 15 is 0 Å². The van der Waals surface area contributed by atoms with Gasteiger partial charge in [0.05, 0.1) is 24.0 Å². The number of anilines is 2. The summed E-state index contributed by atoms with van der Waals surface area (Å²) in [7, 11) is -3.78. The van der Waals surface area contributed by atoms with E-state index in [2.05, 4.69) is 15.3 Å². The lowest BCUT2D eigenvalue weighted by Crippen LogP contribution is -2.40. The van der Waals surface area contributed by atoms with E-state index in [1.807, 2.05) is 18.2 Å². The Kier molecular flexibility index (Phi) is 4.89. The molecule has 0 fully saturated rings. The lowest BCUT2D eigenvalue weighted by atomic mass is 10.1. The molecular formula is C20H18N4O3S.